The van der Waals surface area contributed by atoms with Gasteiger partial charge in [0.2, 0.25) is 0 Å². The highest BCUT2D eigenvalue weighted by atomic mass is 14.7. The molecule has 0 fully saturated rings. The van der Waals surface area contributed by atoms with E-state index in [1.807, 2.05) is 30.3 Å². The Morgan fingerprint density at radius 1 is 1.12 bits per heavy atom. The van der Waals surface area contributed by atoms with Gasteiger partial charge in [0, 0.05) is 11.8 Å². The van der Waals surface area contributed by atoms with Gasteiger partial charge in [-0.25, -0.2) is 4.98 Å². The lowest BCUT2D eigenvalue weighted by molar-refractivity contribution is 1.14. The molecule has 0 atom stereocenters. The number of aryl methyl sites for hydroxylation is 1. The summed E-state index contributed by atoms with van der Waals surface area (Å²) in [4.78, 5) is 4.09. The van der Waals surface area contributed by atoms with Crippen molar-refractivity contribution in [3.8, 4) is 17.2 Å². The fourth-order valence-corrected chi connectivity index (χ4v) is 1.80. The lowest BCUT2D eigenvalue weighted by Crippen LogP contribution is -1.92. The third kappa shape index (κ3) is 1.80. The number of hydrogen-bond donors (Lipinski definition) is 0. The maximum atomic E-state index is 9.03. The van der Waals surface area contributed by atoms with Crippen LogP contribution in [-0.2, 0) is 6.42 Å². The molecule has 0 aliphatic rings. The molecular formula is C14H12N2. The second-order valence-corrected chi connectivity index (χ2v) is 3.52. The summed E-state index contributed by atoms with van der Waals surface area (Å²) in [5.74, 6) is 0. The Morgan fingerprint density at radius 2 is 1.88 bits per heavy atom. The average Bonchev–Trinajstić information content (AvgIpc) is 2.38. The highest BCUT2D eigenvalue weighted by Gasteiger charge is 2.07. The van der Waals surface area contributed by atoms with Gasteiger partial charge >= 0.3 is 0 Å². The van der Waals surface area contributed by atoms with Crippen molar-refractivity contribution in [2.75, 3.05) is 0 Å². The number of benzene rings is 1. The molecule has 0 saturated heterocycles. The SMILES string of the molecule is CCc1ccccc1-c1cccnc1C#N. The standard InChI is InChI=1S/C14H12N2/c1-2-11-6-3-4-7-12(11)13-8-5-9-16-14(13)10-15/h3-9H,2H2,1H3. The molecular weight excluding hydrogens is 196 g/mol. The topological polar surface area (TPSA) is 36.7 Å². The monoisotopic (exact) mass is 208 g/mol. The van der Waals surface area contributed by atoms with E-state index in [9.17, 15) is 0 Å². The third-order valence-electron chi connectivity index (χ3n) is 2.60. The van der Waals surface area contributed by atoms with Crippen molar-refractivity contribution >= 4 is 0 Å². The van der Waals surface area contributed by atoms with E-state index in [-0.39, 0.29) is 0 Å². The lowest BCUT2D eigenvalue weighted by Gasteiger charge is -2.08. The molecule has 1 aromatic carbocycles. The Balaban J connectivity index is 2.64. The minimum absolute atomic E-state index is 0.489. The van der Waals surface area contributed by atoms with Crippen LogP contribution >= 0.6 is 0 Å². The van der Waals surface area contributed by atoms with Crippen molar-refractivity contribution in [1.82, 2.24) is 4.98 Å². The van der Waals surface area contributed by atoms with Crippen molar-refractivity contribution in [1.29, 1.82) is 5.26 Å². The number of nitrogens with zero attached hydrogens (tertiary/aromatic N) is 2. The largest absolute Gasteiger partial charge is 0.245 e. The first kappa shape index (κ1) is 10.4. The van der Waals surface area contributed by atoms with E-state index < -0.39 is 0 Å². The number of rotatable bonds is 2. The third-order valence-corrected chi connectivity index (χ3v) is 2.60. The predicted octanol–water partition coefficient (Wildman–Crippen LogP) is 3.18. The summed E-state index contributed by atoms with van der Waals surface area (Å²) < 4.78 is 0. The zero-order valence-corrected chi connectivity index (χ0v) is 9.14. The lowest BCUT2D eigenvalue weighted by atomic mass is 9.97. The van der Waals surface area contributed by atoms with E-state index in [0.29, 0.717) is 5.69 Å². The number of nitriles is 1. The van der Waals surface area contributed by atoms with E-state index >= 15 is 0 Å². The molecule has 0 aliphatic carbocycles. The van der Waals surface area contributed by atoms with Crippen LogP contribution in [0.3, 0.4) is 0 Å². The molecule has 0 radical (unpaired) electrons. The Hall–Kier alpha value is -2.14. The average molecular weight is 208 g/mol. The number of hydrogen-bond acceptors (Lipinski definition) is 2. The first-order valence-corrected chi connectivity index (χ1v) is 5.30. The Morgan fingerprint density at radius 3 is 2.62 bits per heavy atom. The van der Waals surface area contributed by atoms with Gasteiger partial charge in [-0.2, -0.15) is 5.26 Å². The highest BCUT2D eigenvalue weighted by Crippen LogP contribution is 2.25. The molecule has 0 bridgehead atoms. The van der Waals surface area contributed by atoms with Gasteiger partial charge in [-0.1, -0.05) is 31.2 Å². The Labute approximate surface area is 95.2 Å². The van der Waals surface area contributed by atoms with Crippen LogP contribution in [0.25, 0.3) is 11.1 Å². The number of aromatic nitrogens is 1. The van der Waals surface area contributed by atoms with E-state index in [1.165, 1.54) is 5.56 Å². The van der Waals surface area contributed by atoms with Crippen LogP contribution in [0.1, 0.15) is 18.2 Å². The summed E-state index contributed by atoms with van der Waals surface area (Å²) in [5, 5.41) is 9.03. The molecule has 0 spiro atoms. The van der Waals surface area contributed by atoms with E-state index in [4.69, 9.17) is 5.26 Å². The van der Waals surface area contributed by atoms with Gasteiger partial charge in [-0.3, -0.25) is 0 Å². The fourth-order valence-electron chi connectivity index (χ4n) is 1.80. The van der Waals surface area contributed by atoms with Crippen molar-refractivity contribution < 1.29 is 0 Å². The van der Waals surface area contributed by atoms with Gasteiger partial charge in [-0.05, 0) is 29.7 Å². The maximum absolute atomic E-state index is 9.03. The van der Waals surface area contributed by atoms with Gasteiger partial charge in [0.25, 0.3) is 0 Å². The van der Waals surface area contributed by atoms with Crippen molar-refractivity contribution in [2.45, 2.75) is 13.3 Å². The molecule has 0 N–H and O–H groups in total. The maximum Gasteiger partial charge on any atom is 0.148 e. The minimum atomic E-state index is 0.489. The van der Waals surface area contributed by atoms with Gasteiger partial charge in [0.1, 0.15) is 11.8 Å². The van der Waals surface area contributed by atoms with Crippen LogP contribution in [-0.4, -0.2) is 4.98 Å². The molecule has 78 valence electrons. The molecule has 1 aromatic heterocycles. The summed E-state index contributed by atoms with van der Waals surface area (Å²) in [6.45, 7) is 2.11. The van der Waals surface area contributed by atoms with Crippen molar-refractivity contribution in [3.05, 3.63) is 53.9 Å². The normalized spacial score (nSPS) is 9.75. The van der Waals surface area contributed by atoms with Crippen LogP contribution in [0.15, 0.2) is 42.6 Å². The summed E-state index contributed by atoms with van der Waals surface area (Å²) in [5.41, 5.74) is 3.76. The van der Waals surface area contributed by atoms with Gasteiger partial charge in [-0.15, -0.1) is 0 Å². The molecule has 2 aromatic rings. The van der Waals surface area contributed by atoms with E-state index in [2.05, 4.69) is 24.0 Å². The van der Waals surface area contributed by atoms with Gasteiger partial charge in [0.05, 0.1) is 0 Å². The second-order valence-electron chi connectivity index (χ2n) is 3.52. The van der Waals surface area contributed by atoms with Crippen LogP contribution in [0.5, 0.6) is 0 Å². The van der Waals surface area contributed by atoms with Gasteiger partial charge in [0.15, 0.2) is 0 Å². The highest BCUT2D eigenvalue weighted by molar-refractivity contribution is 5.71. The van der Waals surface area contributed by atoms with Crippen LogP contribution < -0.4 is 0 Å². The molecule has 16 heavy (non-hydrogen) atoms. The molecule has 2 heteroatoms. The molecule has 0 unspecified atom stereocenters. The molecule has 2 rings (SSSR count). The van der Waals surface area contributed by atoms with E-state index in [0.717, 1.165) is 17.5 Å². The fraction of sp³-hybridized carbons (Fsp3) is 0.143. The van der Waals surface area contributed by atoms with Crippen LogP contribution in [0.2, 0.25) is 0 Å². The van der Waals surface area contributed by atoms with E-state index in [1.54, 1.807) is 6.20 Å². The van der Waals surface area contributed by atoms with Crippen LogP contribution in [0, 0.1) is 11.3 Å². The second kappa shape index (κ2) is 4.59. The zero-order chi connectivity index (χ0) is 11.4. The predicted molar refractivity (Wildman–Crippen MR) is 63.8 cm³/mol. The summed E-state index contributed by atoms with van der Waals surface area (Å²) >= 11 is 0. The molecule has 0 amide bonds. The molecule has 1 heterocycles. The minimum Gasteiger partial charge on any atom is -0.245 e. The van der Waals surface area contributed by atoms with Crippen molar-refractivity contribution in [2.24, 2.45) is 0 Å². The first-order chi connectivity index (χ1) is 7.86. The summed E-state index contributed by atoms with van der Waals surface area (Å²) in [6.07, 6.45) is 2.60. The Bertz CT molecular complexity index is 538. The summed E-state index contributed by atoms with van der Waals surface area (Å²) in [6, 6.07) is 14.1. The number of pyridine rings is 1. The molecule has 0 saturated carbocycles. The Kier molecular flexibility index (Phi) is 2.98. The van der Waals surface area contributed by atoms with Crippen molar-refractivity contribution in [3.63, 3.8) is 0 Å². The van der Waals surface area contributed by atoms with Gasteiger partial charge < -0.3 is 0 Å². The molecule has 2 nitrogen and oxygen atoms in total. The van der Waals surface area contributed by atoms with Crippen LogP contribution in [0.4, 0.5) is 0 Å². The first-order valence-electron chi connectivity index (χ1n) is 5.30. The zero-order valence-electron chi connectivity index (χ0n) is 9.14. The smallest absolute Gasteiger partial charge is 0.148 e. The quantitative estimate of drug-likeness (QED) is 0.760. The summed E-state index contributed by atoms with van der Waals surface area (Å²) in [7, 11) is 0. The molecule has 0 aliphatic heterocycles.